The normalized spacial score (nSPS) is 12.3. The van der Waals surface area contributed by atoms with E-state index in [0.717, 1.165) is 17.8 Å². The summed E-state index contributed by atoms with van der Waals surface area (Å²) in [5, 5.41) is 9.46. The maximum Gasteiger partial charge on any atom is 0.408 e. The molecule has 1 amide bonds. The monoisotopic (exact) mass is 525 g/mol. The summed E-state index contributed by atoms with van der Waals surface area (Å²) in [6.07, 6.45) is 1.30. The largest absolute Gasteiger partial charge is 0.444 e. The molecular weight excluding hydrogens is 493 g/mol. The quantitative estimate of drug-likeness (QED) is 0.289. The number of benzene rings is 1. The molecule has 0 bridgehead atoms. The minimum Gasteiger partial charge on any atom is -0.444 e. The summed E-state index contributed by atoms with van der Waals surface area (Å²) in [5.74, 6) is 0.657. The number of aliphatic imine (C=N–C) groups is 1. The van der Waals surface area contributed by atoms with E-state index in [4.69, 9.17) is 4.74 Å². The highest BCUT2D eigenvalue weighted by Crippen LogP contribution is 2.14. The topological polar surface area (TPSA) is 87.6 Å². The summed E-state index contributed by atoms with van der Waals surface area (Å²) in [6.45, 7) is 9.18. The molecular formula is C22H32IN5O2. The fourth-order valence-electron chi connectivity index (χ4n) is 2.58. The molecule has 8 heteroatoms. The Balaban J connectivity index is 0.00000450. The van der Waals surface area contributed by atoms with Crippen LogP contribution in [0.5, 0.6) is 0 Å². The third-order valence-corrected chi connectivity index (χ3v) is 3.84. The molecule has 0 fully saturated rings. The zero-order chi connectivity index (χ0) is 21.1. The fourth-order valence-corrected chi connectivity index (χ4v) is 2.58. The van der Waals surface area contributed by atoms with Crippen molar-refractivity contribution in [1.29, 1.82) is 0 Å². The van der Waals surface area contributed by atoms with E-state index in [1.165, 1.54) is 0 Å². The van der Waals surface area contributed by atoms with Crippen molar-refractivity contribution < 1.29 is 9.53 Å². The summed E-state index contributed by atoms with van der Waals surface area (Å²) in [7, 11) is 0. The van der Waals surface area contributed by atoms with Gasteiger partial charge in [0.25, 0.3) is 0 Å². The van der Waals surface area contributed by atoms with Gasteiger partial charge in [-0.1, -0.05) is 36.4 Å². The van der Waals surface area contributed by atoms with Crippen molar-refractivity contribution in [3.63, 3.8) is 0 Å². The first-order chi connectivity index (χ1) is 13.9. The van der Waals surface area contributed by atoms with Crippen LogP contribution >= 0.6 is 24.0 Å². The molecule has 30 heavy (non-hydrogen) atoms. The van der Waals surface area contributed by atoms with Crippen LogP contribution in [0, 0.1) is 0 Å². The van der Waals surface area contributed by atoms with Crippen molar-refractivity contribution in [2.45, 2.75) is 45.9 Å². The van der Waals surface area contributed by atoms with Gasteiger partial charge in [0.15, 0.2) is 5.96 Å². The van der Waals surface area contributed by atoms with E-state index in [2.05, 4.69) is 25.9 Å². The molecule has 164 valence electrons. The number of pyridine rings is 1. The van der Waals surface area contributed by atoms with E-state index >= 15 is 0 Å². The predicted molar refractivity (Wildman–Crippen MR) is 131 cm³/mol. The first-order valence-corrected chi connectivity index (χ1v) is 9.84. The molecule has 1 aromatic carbocycles. The third-order valence-electron chi connectivity index (χ3n) is 3.84. The first-order valence-electron chi connectivity index (χ1n) is 9.84. The van der Waals surface area contributed by atoms with Crippen molar-refractivity contribution in [2.75, 3.05) is 13.1 Å². The smallest absolute Gasteiger partial charge is 0.408 e. The Bertz CT molecular complexity index is 779. The molecule has 1 unspecified atom stereocenters. The van der Waals surface area contributed by atoms with E-state index in [1.54, 1.807) is 6.20 Å². The summed E-state index contributed by atoms with van der Waals surface area (Å²) in [6, 6.07) is 15.3. The summed E-state index contributed by atoms with van der Waals surface area (Å²) in [5.41, 5.74) is 1.31. The molecule has 1 heterocycles. The lowest BCUT2D eigenvalue weighted by molar-refractivity contribution is 0.0504. The third kappa shape index (κ3) is 9.91. The van der Waals surface area contributed by atoms with E-state index < -0.39 is 11.7 Å². The number of rotatable bonds is 7. The number of hydrogen-bond donors (Lipinski definition) is 3. The van der Waals surface area contributed by atoms with Gasteiger partial charge in [0.1, 0.15) is 5.60 Å². The van der Waals surface area contributed by atoms with E-state index in [1.807, 2.05) is 76.2 Å². The second-order valence-electron chi connectivity index (χ2n) is 7.51. The molecule has 7 nitrogen and oxygen atoms in total. The number of amides is 1. The number of guanidine groups is 1. The van der Waals surface area contributed by atoms with Crippen molar-refractivity contribution in [2.24, 2.45) is 4.99 Å². The maximum atomic E-state index is 12.3. The second kappa shape index (κ2) is 13.0. The summed E-state index contributed by atoms with van der Waals surface area (Å²) in [4.78, 5) is 21.2. The molecule has 1 aromatic heterocycles. The van der Waals surface area contributed by atoms with Crippen molar-refractivity contribution in [3.05, 3.63) is 66.0 Å². The van der Waals surface area contributed by atoms with Gasteiger partial charge in [-0.15, -0.1) is 24.0 Å². The number of aromatic nitrogens is 1. The van der Waals surface area contributed by atoms with Crippen LogP contribution in [-0.4, -0.2) is 35.7 Å². The van der Waals surface area contributed by atoms with Crippen molar-refractivity contribution in [1.82, 2.24) is 20.9 Å². The lowest BCUT2D eigenvalue weighted by atomic mass is 10.1. The molecule has 0 radical (unpaired) electrons. The molecule has 3 N–H and O–H groups in total. The number of halogens is 1. The Hall–Kier alpha value is -2.36. The van der Waals surface area contributed by atoms with Gasteiger partial charge in [-0.2, -0.15) is 0 Å². The first kappa shape index (κ1) is 25.7. The highest BCUT2D eigenvalue weighted by molar-refractivity contribution is 14.0. The van der Waals surface area contributed by atoms with Gasteiger partial charge in [0, 0.05) is 19.3 Å². The number of nitrogens with one attached hydrogen (secondary N) is 3. The van der Waals surface area contributed by atoms with Gasteiger partial charge in [0.2, 0.25) is 0 Å². The van der Waals surface area contributed by atoms with Crippen LogP contribution in [0.2, 0.25) is 0 Å². The Morgan fingerprint density at radius 2 is 1.80 bits per heavy atom. The van der Waals surface area contributed by atoms with Crippen LogP contribution in [0.15, 0.2) is 59.7 Å². The SMILES string of the molecule is CCNC(=NCc1ccccn1)NCC(NC(=O)OC(C)(C)C)c1ccccc1.I. The average Bonchev–Trinajstić information content (AvgIpc) is 2.69. The minimum absolute atomic E-state index is 0. The molecule has 2 aromatic rings. The van der Waals surface area contributed by atoms with E-state index in [0.29, 0.717) is 19.0 Å². The molecule has 0 aliphatic rings. The fraction of sp³-hybridized carbons (Fsp3) is 0.409. The highest BCUT2D eigenvalue weighted by atomic mass is 127. The number of alkyl carbamates (subject to hydrolysis) is 1. The van der Waals surface area contributed by atoms with E-state index in [9.17, 15) is 4.79 Å². The van der Waals surface area contributed by atoms with Crippen LogP contribution in [0.25, 0.3) is 0 Å². The van der Waals surface area contributed by atoms with Crippen molar-refractivity contribution >= 4 is 36.0 Å². The van der Waals surface area contributed by atoms with Gasteiger partial charge < -0.3 is 20.7 Å². The van der Waals surface area contributed by atoms with Crippen LogP contribution in [0.4, 0.5) is 4.79 Å². The van der Waals surface area contributed by atoms with Gasteiger partial charge >= 0.3 is 6.09 Å². The molecule has 0 saturated heterocycles. The molecule has 1 atom stereocenters. The highest BCUT2D eigenvalue weighted by Gasteiger charge is 2.20. The number of hydrogen-bond acceptors (Lipinski definition) is 4. The number of ether oxygens (including phenoxy) is 1. The summed E-state index contributed by atoms with van der Waals surface area (Å²) >= 11 is 0. The second-order valence-corrected chi connectivity index (χ2v) is 7.51. The standard InChI is InChI=1S/C22H31N5O2.HI/c1-5-23-20(25-15-18-13-9-10-14-24-18)26-16-19(17-11-7-6-8-12-17)27-21(28)29-22(2,3)4;/h6-14,19H,5,15-16H2,1-4H3,(H,27,28)(H2,23,25,26);1H. The molecule has 0 saturated carbocycles. The van der Waals surface area contributed by atoms with Gasteiger partial charge in [-0.3, -0.25) is 4.98 Å². The van der Waals surface area contributed by atoms with Crippen LogP contribution in [-0.2, 0) is 11.3 Å². The maximum absolute atomic E-state index is 12.3. The lowest BCUT2D eigenvalue weighted by Gasteiger charge is -2.24. The molecule has 0 aliphatic heterocycles. The minimum atomic E-state index is -0.558. The van der Waals surface area contributed by atoms with Gasteiger partial charge in [0.05, 0.1) is 18.3 Å². The van der Waals surface area contributed by atoms with Crippen molar-refractivity contribution in [3.8, 4) is 0 Å². The molecule has 0 aliphatic carbocycles. The number of carbonyl (C=O) groups excluding carboxylic acids is 1. The Morgan fingerprint density at radius 3 is 2.40 bits per heavy atom. The van der Waals surface area contributed by atoms with Crippen LogP contribution < -0.4 is 16.0 Å². The van der Waals surface area contributed by atoms with Gasteiger partial charge in [-0.25, -0.2) is 9.79 Å². The Labute approximate surface area is 196 Å². The zero-order valence-corrected chi connectivity index (χ0v) is 20.3. The zero-order valence-electron chi connectivity index (χ0n) is 18.0. The lowest BCUT2D eigenvalue weighted by Crippen LogP contribution is -2.44. The molecule has 0 spiro atoms. The van der Waals surface area contributed by atoms with E-state index in [-0.39, 0.29) is 30.0 Å². The Morgan fingerprint density at radius 1 is 1.10 bits per heavy atom. The molecule has 2 rings (SSSR count). The van der Waals surface area contributed by atoms with Crippen LogP contribution in [0.1, 0.15) is 45.0 Å². The van der Waals surface area contributed by atoms with Crippen LogP contribution in [0.3, 0.4) is 0 Å². The average molecular weight is 525 g/mol. The van der Waals surface area contributed by atoms with Gasteiger partial charge in [-0.05, 0) is 45.4 Å². The summed E-state index contributed by atoms with van der Waals surface area (Å²) < 4.78 is 5.42. The Kier molecular flexibility index (Phi) is 11.2. The number of carbonyl (C=O) groups is 1. The number of nitrogens with zero attached hydrogens (tertiary/aromatic N) is 2. The predicted octanol–water partition coefficient (Wildman–Crippen LogP) is 4.02.